The van der Waals surface area contributed by atoms with Crippen LogP contribution in [0.3, 0.4) is 0 Å². The van der Waals surface area contributed by atoms with Crippen LogP contribution in [-0.4, -0.2) is 40.4 Å². The van der Waals surface area contributed by atoms with E-state index in [9.17, 15) is 18.3 Å². The number of aromatic nitrogens is 1. The Morgan fingerprint density at radius 1 is 1.13 bits per heavy atom. The molecule has 0 spiro atoms. The number of carboxylic acid groups (broad SMARTS) is 1. The van der Waals surface area contributed by atoms with Crippen LogP contribution < -0.4 is 4.72 Å². The SMILES string of the molecule is O=C(O)[C@@]1(NS(=O)(=O)N2CCn3c(cc4cc(Cl)ccc43)C2)C[C@H]1c1ccccc1. The Balaban J connectivity index is 1.41. The Labute approximate surface area is 179 Å². The lowest BCUT2D eigenvalue weighted by atomic mass is 10.1. The average molecular weight is 446 g/mol. The van der Waals surface area contributed by atoms with Gasteiger partial charge < -0.3 is 9.67 Å². The predicted molar refractivity (Wildman–Crippen MR) is 114 cm³/mol. The summed E-state index contributed by atoms with van der Waals surface area (Å²) in [6, 6.07) is 16.7. The van der Waals surface area contributed by atoms with Crippen LogP contribution in [0.25, 0.3) is 10.9 Å². The Bertz CT molecular complexity index is 1260. The number of nitrogens with zero attached hydrogens (tertiary/aromatic N) is 2. The van der Waals surface area contributed by atoms with Crippen LogP contribution in [0.2, 0.25) is 5.02 Å². The third-order valence-corrected chi connectivity index (χ3v) is 7.90. The predicted octanol–water partition coefficient (Wildman–Crippen LogP) is 2.96. The number of benzene rings is 2. The molecule has 30 heavy (non-hydrogen) atoms. The van der Waals surface area contributed by atoms with Gasteiger partial charge in [-0.05, 0) is 36.2 Å². The highest BCUT2D eigenvalue weighted by Gasteiger charge is 2.63. The van der Waals surface area contributed by atoms with Gasteiger partial charge in [0.1, 0.15) is 5.54 Å². The molecule has 1 aliphatic heterocycles. The minimum atomic E-state index is -3.99. The van der Waals surface area contributed by atoms with E-state index in [0.29, 0.717) is 11.6 Å². The van der Waals surface area contributed by atoms with Crippen molar-refractivity contribution in [2.45, 2.75) is 31.0 Å². The zero-order valence-electron chi connectivity index (χ0n) is 16.0. The van der Waals surface area contributed by atoms with E-state index in [-0.39, 0.29) is 25.4 Å². The van der Waals surface area contributed by atoms with Crippen LogP contribution in [0.4, 0.5) is 0 Å². The van der Waals surface area contributed by atoms with Crippen molar-refractivity contribution in [1.29, 1.82) is 0 Å². The Morgan fingerprint density at radius 2 is 1.90 bits per heavy atom. The van der Waals surface area contributed by atoms with Gasteiger partial charge in [0.15, 0.2) is 0 Å². The van der Waals surface area contributed by atoms with E-state index in [2.05, 4.69) is 9.29 Å². The van der Waals surface area contributed by atoms with Crippen molar-refractivity contribution in [3.05, 3.63) is 70.9 Å². The van der Waals surface area contributed by atoms with E-state index >= 15 is 0 Å². The molecule has 1 aliphatic carbocycles. The lowest BCUT2D eigenvalue weighted by Gasteiger charge is -2.29. The number of rotatable bonds is 5. The highest BCUT2D eigenvalue weighted by atomic mass is 35.5. The maximum absolute atomic E-state index is 13.1. The van der Waals surface area contributed by atoms with Crippen LogP contribution in [-0.2, 0) is 28.1 Å². The van der Waals surface area contributed by atoms with Gasteiger partial charge in [0, 0.05) is 40.6 Å². The lowest BCUT2D eigenvalue weighted by molar-refractivity contribution is -0.140. The maximum Gasteiger partial charge on any atom is 0.325 e. The number of fused-ring (bicyclic) bond motifs is 3. The lowest BCUT2D eigenvalue weighted by Crippen LogP contribution is -2.52. The Hall–Kier alpha value is -2.39. The summed E-state index contributed by atoms with van der Waals surface area (Å²) >= 11 is 6.08. The zero-order valence-corrected chi connectivity index (χ0v) is 17.5. The first-order chi connectivity index (χ1) is 14.3. The molecule has 0 unspecified atom stereocenters. The molecule has 7 nitrogen and oxygen atoms in total. The molecule has 0 amide bonds. The summed E-state index contributed by atoms with van der Waals surface area (Å²) < 4.78 is 32.1. The molecule has 0 saturated heterocycles. The van der Waals surface area contributed by atoms with Gasteiger partial charge >= 0.3 is 5.97 Å². The second kappa shape index (κ2) is 6.81. The fourth-order valence-corrected chi connectivity index (χ4v) is 6.12. The van der Waals surface area contributed by atoms with E-state index in [0.717, 1.165) is 22.2 Å². The van der Waals surface area contributed by atoms with Gasteiger partial charge in [-0.15, -0.1) is 0 Å². The molecule has 1 aromatic heterocycles. The van der Waals surface area contributed by atoms with Crippen molar-refractivity contribution in [2.75, 3.05) is 6.54 Å². The number of carboxylic acids is 1. The Kier molecular flexibility index (Phi) is 4.44. The second-order valence-electron chi connectivity index (χ2n) is 7.88. The van der Waals surface area contributed by atoms with Crippen molar-refractivity contribution >= 4 is 38.7 Å². The molecule has 2 N–H and O–H groups in total. The molecule has 2 aliphatic rings. The largest absolute Gasteiger partial charge is 0.480 e. The van der Waals surface area contributed by atoms with Crippen molar-refractivity contribution in [1.82, 2.24) is 13.6 Å². The molecule has 3 aromatic rings. The number of halogens is 1. The topological polar surface area (TPSA) is 91.6 Å². The van der Waals surface area contributed by atoms with Gasteiger partial charge in [0.05, 0.1) is 6.54 Å². The molecule has 1 fully saturated rings. The normalized spacial score (nSPS) is 24.0. The van der Waals surface area contributed by atoms with E-state index in [4.69, 9.17) is 11.6 Å². The zero-order chi connectivity index (χ0) is 21.1. The molecule has 2 aromatic carbocycles. The van der Waals surface area contributed by atoms with Crippen molar-refractivity contribution in [3.63, 3.8) is 0 Å². The van der Waals surface area contributed by atoms with Gasteiger partial charge in [0.25, 0.3) is 10.2 Å². The van der Waals surface area contributed by atoms with E-state index in [1.165, 1.54) is 4.31 Å². The summed E-state index contributed by atoms with van der Waals surface area (Å²) in [6.07, 6.45) is 0.234. The van der Waals surface area contributed by atoms with Crippen molar-refractivity contribution < 1.29 is 18.3 Å². The molecule has 2 atom stereocenters. The standard InChI is InChI=1S/C21H20ClN3O4S/c22-16-6-7-19-15(10-16)11-17-13-24(8-9-25(17)19)30(28,29)23-21(20(26)27)12-18(21)14-4-2-1-3-5-14/h1-7,10-11,18,23H,8-9,12-13H2,(H,26,27)/t18-,21+/m0/s1. The average Bonchev–Trinajstić information content (AvgIpc) is 3.33. The van der Waals surface area contributed by atoms with Crippen LogP contribution >= 0.6 is 11.6 Å². The fourth-order valence-electron chi connectivity index (χ4n) is 4.41. The third kappa shape index (κ3) is 3.11. The Morgan fingerprint density at radius 3 is 2.63 bits per heavy atom. The van der Waals surface area contributed by atoms with Crippen molar-refractivity contribution in [2.24, 2.45) is 0 Å². The number of hydrogen-bond acceptors (Lipinski definition) is 3. The van der Waals surface area contributed by atoms with E-state index in [1.54, 1.807) is 0 Å². The molecule has 2 heterocycles. The summed E-state index contributed by atoms with van der Waals surface area (Å²) in [7, 11) is -3.99. The molecule has 1 saturated carbocycles. The number of hydrogen-bond donors (Lipinski definition) is 2. The van der Waals surface area contributed by atoms with Gasteiger partial charge in [0.2, 0.25) is 0 Å². The first kappa shape index (κ1) is 19.6. The number of aliphatic carboxylic acids is 1. The first-order valence-corrected chi connectivity index (χ1v) is 11.5. The number of carbonyl (C=O) groups is 1. The monoisotopic (exact) mass is 445 g/mol. The van der Waals surface area contributed by atoms with Gasteiger partial charge in [-0.1, -0.05) is 41.9 Å². The van der Waals surface area contributed by atoms with E-state index in [1.807, 2.05) is 54.6 Å². The summed E-state index contributed by atoms with van der Waals surface area (Å²) in [4.78, 5) is 12.0. The molecule has 5 rings (SSSR count). The fraction of sp³-hybridized carbons (Fsp3) is 0.286. The van der Waals surface area contributed by atoms with Crippen LogP contribution in [0.5, 0.6) is 0 Å². The summed E-state index contributed by atoms with van der Waals surface area (Å²) in [6.45, 7) is 0.928. The molecular formula is C21H20ClN3O4S. The highest BCUT2D eigenvalue weighted by molar-refractivity contribution is 7.87. The van der Waals surface area contributed by atoms with Crippen molar-refractivity contribution in [3.8, 4) is 0 Å². The first-order valence-electron chi connectivity index (χ1n) is 9.65. The van der Waals surface area contributed by atoms with Crippen LogP contribution in [0.1, 0.15) is 23.6 Å². The van der Waals surface area contributed by atoms with Crippen LogP contribution in [0.15, 0.2) is 54.6 Å². The quantitative estimate of drug-likeness (QED) is 0.631. The number of nitrogens with one attached hydrogen (secondary N) is 1. The van der Waals surface area contributed by atoms with Gasteiger partial charge in [-0.25, -0.2) is 0 Å². The summed E-state index contributed by atoms with van der Waals surface area (Å²) in [5.74, 6) is -1.54. The second-order valence-corrected chi connectivity index (χ2v) is 9.98. The molecular weight excluding hydrogens is 426 g/mol. The van der Waals surface area contributed by atoms with Gasteiger partial charge in [-0.2, -0.15) is 17.4 Å². The smallest absolute Gasteiger partial charge is 0.325 e. The highest BCUT2D eigenvalue weighted by Crippen LogP contribution is 2.52. The maximum atomic E-state index is 13.1. The minimum Gasteiger partial charge on any atom is -0.480 e. The van der Waals surface area contributed by atoms with E-state index < -0.39 is 21.7 Å². The molecule has 0 bridgehead atoms. The summed E-state index contributed by atoms with van der Waals surface area (Å²) in [5, 5.41) is 11.4. The third-order valence-electron chi connectivity index (χ3n) is 6.06. The molecule has 0 radical (unpaired) electrons. The van der Waals surface area contributed by atoms with Gasteiger partial charge in [-0.3, -0.25) is 4.79 Å². The molecule has 156 valence electrons. The minimum absolute atomic E-state index is 0.174. The molecule has 9 heteroatoms. The van der Waals surface area contributed by atoms with Crippen LogP contribution in [0, 0.1) is 0 Å². The summed E-state index contributed by atoms with van der Waals surface area (Å²) in [5.41, 5.74) is 1.17.